The van der Waals surface area contributed by atoms with Crippen LogP contribution in [-0.4, -0.2) is 25.0 Å². The molecule has 0 aliphatic carbocycles. The van der Waals surface area contributed by atoms with E-state index in [4.69, 9.17) is 19.6 Å². The van der Waals surface area contributed by atoms with Crippen molar-refractivity contribution >= 4 is 28.5 Å². The summed E-state index contributed by atoms with van der Waals surface area (Å²) in [5.74, 6) is -0.251. The maximum atomic E-state index is 12.8. The van der Waals surface area contributed by atoms with Gasteiger partial charge in [0.05, 0.1) is 13.2 Å². The lowest BCUT2D eigenvalue weighted by molar-refractivity contribution is 0.0977. The molecule has 1 aromatic heterocycles. The Bertz CT molecular complexity index is 993. The summed E-state index contributed by atoms with van der Waals surface area (Å²) in [5.41, 5.74) is 6.45. The van der Waals surface area contributed by atoms with Crippen molar-refractivity contribution in [2.24, 2.45) is 5.73 Å². The number of nitrogens with two attached hydrogens (primary N) is 1. The van der Waals surface area contributed by atoms with Crippen molar-refractivity contribution in [2.75, 3.05) is 18.5 Å². The quantitative estimate of drug-likeness (QED) is 0.663. The van der Waals surface area contributed by atoms with Crippen LogP contribution in [0.1, 0.15) is 34.8 Å². The van der Waals surface area contributed by atoms with Gasteiger partial charge in [0.1, 0.15) is 11.3 Å². The van der Waals surface area contributed by atoms with Gasteiger partial charge >= 0.3 is 0 Å². The average Bonchev–Trinajstić information content (AvgIpc) is 3.02. The van der Waals surface area contributed by atoms with Crippen LogP contribution in [0.3, 0.4) is 0 Å². The number of furan rings is 1. The molecule has 27 heavy (non-hydrogen) atoms. The summed E-state index contributed by atoms with van der Waals surface area (Å²) in [7, 11) is 0. The number of anilines is 1. The molecule has 7 nitrogen and oxygen atoms in total. The van der Waals surface area contributed by atoms with Gasteiger partial charge in [-0.1, -0.05) is 12.1 Å². The summed E-state index contributed by atoms with van der Waals surface area (Å²) in [6, 6.07) is 11.9. The highest BCUT2D eigenvalue weighted by Crippen LogP contribution is 2.32. The molecule has 0 atom stereocenters. The molecule has 0 unspecified atom stereocenters. The predicted molar refractivity (Wildman–Crippen MR) is 101 cm³/mol. The van der Waals surface area contributed by atoms with Gasteiger partial charge in [0.2, 0.25) is 5.76 Å². The first-order valence-electron chi connectivity index (χ1n) is 8.57. The van der Waals surface area contributed by atoms with E-state index in [1.165, 1.54) is 0 Å². The summed E-state index contributed by atoms with van der Waals surface area (Å²) in [6.45, 7) is 4.63. The lowest BCUT2D eigenvalue weighted by atomic mass is 10.1. The highest BCUT2D eigenvalue weighted by Gasteiger charge is 2.21. The van der Waals surface area contributed by atoms with Crippen LogP contribution in [0.15, 0.2) is 46.9 Å². The van der Waals surface area contributed by atoms with Crippen molar-refractivity contribution < 1.29 is 23.5 Å². The van der Waals surface area contributed by atoms with Gasteiger partial charge in [0.25, 0.3) is 11.8 Å². The second kappa shape index (κ2) is 7.82. The average molecular weight is 368 g/mol. The third-order valence-corrected chi connectivity index (χ3v) is 3.86. The van der Waals surface area contributed by atoms with E-state index < -0.39 is 11.8 Å². The number of carbonyl (C=O) groups is 2. The summed E-state index contributed by atoms with van der Waals surface area (Å²) in [5, 5.41) is 3.32. The molecule has 3 N–H and O–H groups in total. The third kappa shape index (κ3) is 3.72. The molecule has 0 bridgehead atoms. The summed E-state index contributed by atoms with van der Waals surface area (Å²) >= 11 is 0. The Kier molecular flexibility index (Phi) is 5.30. The largest absolute Gasteiger partial charge is 0.490 e. The summed E-state index contributed by atoms with van der Waals surface area (Å²) < 4.78 is 16.5. The third-order valence-electron chi connectivity index (χ3n) is 3.86. The molecule has 3 rings (SSSR count). The summed E-state index contributed by atoms with van der Waals surface area (Å²) in [6.07, 6.45) is 0. The maximum Gasteiger partial charge on any atom is 0.286 e. The highest BCUT2D eigenvalue weighted by molar-refractivity contribution is 6.14. The van der Waals surface area contributed by atoms with E-state index in [-0.39, 0.29) is 11.4 Å². The summed E-state index contributed by atoms with van der Waals surface area (Å²) in [4.78, 5) is 24.5. The number of hydrogen-bond donors (Lipinski definition) is 2. The Morgan fingerprint density at radius 3 is 2.44 bits per heavy atom. The van der Waals surface area contributed by atoms with Crippen LogP contribution in [-0.2, 0) is 0 Å². The lowest BCUT2D eigenvalue weighted by Gasteiger charge is -2.12. The maximum absolute atomic E-state index is 12.8. The molecule has 3 aromatic rings. The van der Waals surface area contributed by atoms with Crippen molar-refractivity contribution in [3.05, 3.63) is 53.8 Å². The minimum Gasteiger partial charge on any atom is -0.490 e. The minimum absolute atomic E-state index is 0.0967. The minimum atomic E-state index is -0.761. The zero-order valence-electron chi connectivity index (χ0n) is 15.1. The van der Waals surface area contributed by atoms with Crippen LogP contribution in [0.25, 0.3) is 11.0 Å². The van der Waals surface area contributed by atoms with Gasteiger partial charge in [-0.25, -0.2) is 0 Å². The second-order valence-electron chi connectivity index (χ2n) is 5.65. The zero-order chi connectivity index (χ0) is 19.4. The van der Waals surface area contributed by atoms with Gasteiger partial charge in [-0.2, -0.15) is 0 Å². The number of hydrogen-bond acceptors (Lipinski definition) is 5. The number of benzene rings is 2. The Balaban J connectivity index is 1.96. The molecule has 0 fully saturated rings. The first kappa shape index (κ1) is 18.3. The molecule has 1 heterocycles. The van der Waals surface area contributed by atoms with Gasteiger partial charge in [-0.15, -0.1) is 0 Å². The topological polar surface area (TPSA) is 104 Å². The molecule has 140 valence electrons. The van der Waals surface area contributed by atoms with Crippen molar-refractivity contribution in [2.45, 2.75) is 13.8 Å². The molecule has 7 heteroatoms. The first-order chi connectivity index (χ1) is 13.0. The number of primary amides is 1. The fourth-order valence-electron chi connectivity index (χ4n) is 2.72. The SMILES string of the molecule is CCOc1ccc(C(=O)Nc2c(C(N)=O)oc3ccccc23)cc1OCC. The van der Waals surface area contributed by atoms with Crippen LogP contribution in [0, 0.1) is 0 Å². The number of ether oxygens (including phenoxy) is 2. The van der Waals surface area contributed by atoms with Crippen LogP contribution in [0.2, 0.25) is 0 Å². The fraction of sp³-hybridized carbons (Fsp3) is 0.200. The van der Waals surface area contributed by atoms with Gasteiger partial charge in [-0.05, 0) is 44.2 Å². The lowest BCUT2D eigenvalue weighted by Crippen LogP contribution is -2.17. The van der Waals surface area contributed by atoms with E-state index in [2.05, 4.69) is 5.32 Å². The van der Waals surface area contributed by atoms with E-state index in [9.17, 15) is 9.59 Å². The standard InChI is InChI=1S/C20H20N2O5/c1-3-25-15-10-9-12(11-16(15)26-4-2)20(24)22-17-13-7-5-6-8-14(13)27-18(17)19(21)23/h5-11H,3-4H2,1-2H3,(H2,21,23)(H,22,24). The molecule has 0 radical (unpaired) electrons. The molecule has 0 aliphatic heterocycles. The van der Waals surface area contributed by atoms with Gasteiger partial charge < -0.3 is 24.9 Å². The first-order valence-corrected chi connectivity index (χ1v) is 8.57. The Labute approximate surface area is 156 Å². The van der Waals surface area contributed by atoms with Crippen molar-refractivity contribution in [3.8, 4) is 11.5 Å². The fourth-order valence-corrected chi connectivity index (χ4v) is 2.72. The number of carbonyl (C=O) groups excluding carboxylic acids is 2. The number of para-hydroxylation sites is 1. The monoisotopic (exact) mass is 368 g/mol. The molecule has 0 saturated heterocycles. The second-order valence-corrected chi connectivity index (χ2v) is 5.65. The van der Waals surface area contributed by atoms with Gasteiger partial charge in [0.15, 0.2) is 11.5 Å². The van der Waals surface area contributed by atoms with Crippen molar-refractivity contribution in [1.82, 2.24) is 0 Å². The number of amides is 2. The van der Waals surface area contributed by atoms with Crippen molar-refractivity contribution in [1.29, 1.82) is 0 Å². The van der Waals surface area contributed by atoms with Gasteiger partial charge in [0, 0.05) is 10.9 Å². The number of nitrogens with one attached hydrogen (secondary N) is 1. The normalized spacial score (nSPS) is 10.6. The molecular weight excluding hydrogens is 348 g/mol. The Morgan fingerprint density at radius 1 is 1.04 bits per heavy atom. The molecule has 2 aromatic carbocycles. The Morgan fingerprint density at radius 2 is 1.74 bits per heavy atom. The Hall–Kier alpha value is -3.48. The molecule has 0 aliphatic rings. The van der Waals surface area contributed by atoms with E-state index in [0.717, 1.165) is 0 Å². The van der Waals surface area contributed by atoms with E-state index in [1.807, 2.05) is 13.8 Å². The molecule has 0 saturated carbocycles. The van der Waals surface area contributed by atoms with E-state index >= 15 is 0 Å². The highest BCUT2D eigenvalue weighted by atomic mass is 16.5. The van der Waals surface area contributed by atoms with Crippen LogP contribution in [0.5, 0.6) is 11.5 Å². The smallest absolute Gasteiger partial charge is 0.286 e. The predicted octanol–water partition coefficient (Wildman–Crippen LogP) is 3.58. The molecular formula is C20H20N2O5. The molecule has 0 spiro atoms. The van der Waals surface area contributed by atoms with E-state index in [1.54, 1.807) is 42.5 Å². The number of rotatable bonds is 7. The van der Waals surface area contributed by atoms with Crippen LogP contribution < -0.4 is 20.5 Å². The molecule has 2 amide bonds. The number of fused-ring (bicyclic) bond motifs is 1. The van der Waals surface area contributed by atoms with Crippen LogP contribution in [0.4, 0.5) is 5.69 Å². The van der Waals surface area contributed by atoms with Crippen LogP contribution >= 0.6 is 0 Å². The van der Waals surface area contributed by atoms with Gasteiger partial charge in [-0.3, -0.25) is 9.59 Å². The van der Waals surface area contributed by atoms with E-state index in [0.29, 0.717) is 41.2 Å². The van der Waals surface area contributed by atoms with Crippen molar-refractivity contribution in [3.63, 3.8) is 0 Å². The zero-order valence-corrected chi connectivity index (χ0v) is 15.1.